The first-order valence-corrected chi connectivity index (χ1v) is 8.14. The second-order valence-electron chi connectivity index (χ2n) is 5.26. The van der Waals surface area contributed by atoms with Crippen LogP contribution in [0.1, 0.15) is 11.6 Å². The Morgan fingerprint density at radius 1 is 1.35 bits per heavy atom. The van der Waals surface area contributed by atoms with Gasteiger partial charge in [0.05, 0.1) is 12.6 Å². The molecule has 0 aliphatic carbocycles. The molecule has 0 radical (unpaired) electrons. The summed E-state index contributed by atoms with van der Waals surface area (Å²) in [4.78, 5) is 10.2. The van der Waals surface area contributed by atoms with E-state index in [1.165, 1.54) is 10.5 Å². The molecule has 1 unspecified atom stereocenters. The average molecular weight is 292 g/mol. The lowest BCUT2D eigenvalue weighted by Gasteiger charge is -2.27. The fourth-order valence-electron chi connectivity index (χ4n) is 2.34. The zero-order valence-corrected chi connectivity index (χ0v) is 13.6. The van der Waals surface area contributed by atoms with E-state index >= 15 is 0 Å². The number of thioether (sulfide) groups is 1. The molecule has 110 valence electrons. The highest BCUT2D eigenvalue weighted by atomic mass is 32.2. The summed E-state index contributed by atoms with van der Waals surface area (Å²) in [5.41, 5.74) is 1.33. The summed E-state index contributed by atoms with van der Waals surface area (Å²) >= 11 is 1.78. The lowest BCUT2D eigenvalue weighted by atomic mass is 10.1. The van der Waals surface area contributed by atoms with Gasteiger partial charge in [-0.15, -0.1) is 11.8 Å². The molecule has 4 nitrogen and oxygen atoms in total. The summed E-state index contributed by atoms with van der Waals surface area (Å²) < 4.78 is 0. The van der Waals surface area contributed by atoms with Crippen molar-refractivity contribution in [3.63, 3.8) is 0 Å². The van der Waals surface area contributed by atoms with Gasteiger partial charge in [-0.25, -0.2) is 0 Å². The number of likely N-dealkylation sites (N-methyl/N-ethyl adjacent to an activating group) is 2. The van der Waals surface area contributed by atoms with E-state index in [4.69, 9.17) is 0 Å². The molecule has 0 bridgehead atoms. The number of benzene rings is 1. The zero-order chi connectivity index (χ0) is 14.5. The molecule has 5 heteroatoms. The van der Waals surface area contributed by atoms with Gasteiger partial charge in [-0.05, 0) is 38.0 Å². The van der Waals surface area contributed by atoms with Crippen molar-refractivity contribution in [1.29, 1.82) is 0 Å². The summed E-state index contributed by atoms with van der Waals surface area (Å²) in [5.74, 6) is 1.01. The molecule has 0 amide bonds. The fourth-order valence-corrected chi connectivity index (χ4v) is 2.74. The number of aliphatic imine (C=N–C) groups is 1. The maximum atomic E-state index is 4.48. The number of nitrogens with zero attached hydrogens (tertiary/aromatic N) is 3. The first-order chi connectivity index (χ1) is 9.61. The molecular formula is C15H24N4S. The topological polar surface area (TPSA) is 30.9 Å². The Labute approximate surface area is 126 Å². The van der Waals surface area contributed by atoms with Crippen molar-refractivity contribution in [2.75, 3.05) is 47.0 Å². The highest BCUT2D eigenvalue weighted by Crippen LogP contribution is 2.21. The summed E-state index contributed by atoms with van der Waals surface area (Å²) in [6, 6.07) is 9.17. The van der Waals surface area contributed by atoms with Crippen LogP contribution in [0.15, 0.2) is 34.2 Å². The van der Waals surface area contributed by atoms with Crippen LogP contribution in [-0.4, -0.2) is 62.8 Å². The van der Waals surface area contributed by atoms with E-state index in [9.17, 15) is 0 Å². The van der Waals surface area contributed by atoms with Gasteiger partial charge in [-0.2, -0.15) is 0 Å². The van der Waals surface area contributed by atoms with Crippen molar-refractivity contribution < 1.29 is 0 Å². The SMILES string of the molecule is CSc1ccc(C(CNC2=NCCN2C)N(C)C)cc1. The molecule has 0 saturated heterocycles. The van der Waals surface area contributed by atoms with Gasteiger partial charge >= 0.3 is 0 Å². The van der Waals surface area contributed by atoms with E-state index in [0.29, 0.717) is 6.04 Å². The Morgan fingerprint density at radius 2 is 2.05 bits per heavy atom. The van der Waals surface area contributed by atoms with Gasteiger partial charge in [0.15, 0.2) is 5.96 Å². The van der Waals surface area contributed by atoms with Crippen LogP contribution in [-0.2, 0) is 0 Å². The van der Waals surface area contributed by atoms with Gasteiger partial charge in [0.25, 0.3) is 0 Å². The van der Waals surface area contributed by atoms with Crippen LogP contribution in [0.2, 0.25) is 0 Å². The summed E-state index contributed by atoms with van der Waals surface area (Å²) in [7, 11) is 6.32. The molecule has 0 spiro atoms. The van der Waals surface area contributed by atoms with E-state index in [0.717, 1.165) is 25.6 Å². The minimum absolute atomic E-state index is 0.350. The molecule has 0 saturated carbocycles. The molecule has 1 N–H and O–H groups in total. The van der Waals surface area contributed by atoms with Crippen LogP contribution in [0, 0.1) is 0 Å². The average Bonchev–Trinajstić information content (AvgIpc) is 2.85. The molecule has 1 aliphatic heterocycles. The number of rotatable bonds is 5. The summed E-state index contributed by atoms with van der Waals surface area (Å²) in [6.07, 6.45) is 2.11. The van der Waals surface area contributed by atoms with Crippen molar-refractivity contribution in [2.45, 2.75) is 10.9 Å². The minimum Gasteiger partial charge on any atom is -0.354 e. The zero-order valence-electron chi connectivity index (χ0n) is 12.8. The smallest absolute Gasteiger partial charge is 0.193 e. The van der Waals surface area contributed by atoms with Crippen molar-refractivity contribution in [2.24, 2.45) is 4.99 Å². The lowest BCUT2D eigenvalue weighted by molar-refractivity contribution is 0.296. The molecule has 1 aliphatic rings. The van der Waals surface area contributed by atoms with Gasteiger partial charge in [0.1, 0.15) is 0 Å². The van der Waals surface area contributed by atoms with E-state index in [2.05, 4.69) is 71.8 Å². The molecular weight excluding hydrogens is 268 g/mol. The first kappa shape index (κ1) is 15.2. The highest BCUT2D eigenvalue weighted by molar-refractivity contribution is 7.98. The Morgan fingerprint density at radius 3 is 2.55 bits per heavy atom. The third-order valence-electron chi connectivity index (χ3n) is 3.64. The Balaban J connectivity index is 2.02. The van der Waals surface area contributed by atoms with Crippen LogP contribution >= 0.6 is 11.8 Å². The van der Waals surface area contributed by atoms with Crippen LogP contribution < -0.4 is 5.32 Å². The van der Waals surface area contributed by atoms with Crippen LogP contribution in [0.25, 0.3) is 0 Å². The van der Waals surface area contributed by atoms with Gasteiger partial charge in [-0.1, -0.05) is 12.1 Å². The fraction of sp³-hybridized carbons (Fsp3) is 0.533. The van der Waals surface area contributed by atoms with Crippen molar-refractivity contribution >= 4 is 17.7 Å². The van der Waals surface area contributed by atoms with Crippen LogP contribution in [0.4, 0.5) is 0 Å². The minimum atomic E-state index is 0.350. The molecule has 0 fully saturated rings. The van der Waals surface area contributed by atoms with Gasteiger partial charge < -0.3 is 15.1 Å². The highest BCUT2D eigenvalue weighted by Gasteiger charge is 2.17. The first-order valence-electron chi connectivity index (χ1n) is 6.91. The quantitative estimate of drug-likeness (QED) is 0.840. The monoisotopic (exact) mass is 292 g/mol. The predicted molar refractivity (Wildman–Crippen MR) is 87.6 cm³/mol. The van der Waals surface area contributed by atoms with Gasteiger partial charge in [0.2, 0.25) is 0 Å². The Bertz CT molecular complexity index is 455. The van der Waals surface area contributed by atoms with E-state index in [1.54, 1.807) is 11.8 Å². The number of guanidine groups is 1. The molecule has 20 heavy (non-hydrogen) atoms. The summed E-state index contributed by atoms with van der Waals surface area (Å²) in [5, 5.41) is 3.47. The van der Waals surface area contributed by atoms with Gasteiger partial charge in [-0.3, -0.25) is 4.99 Å². The van der Waals surface area contributed by atoms with Crippen molar-refractivity contribution in [1.82, 2.24) is 15.1 Å². The molecule has 1 aromatic carbocycles. The lowest BCUT2D eigenvalue weighted by Crippen LogP contribution is -2.40. The van der Waals surface area contributed by atoms with Gasteiger partial charge in [0, 0.05) is 25.0 Å². The number of nitrogens with one attached hydrogen (secondary N) is 1. The standard InChI is InChI=1S/C15H24N4S/c1-18(2)14(11-17-15-16-9-10-19(15)3)12-5-7-13(20-4)8-6-12/h5-8,14H,9-11H2,1-4H3,(H,16,17). The third-order valence-corrected chi connectivity index (χ3v) is 4.38. The Hall–Kier alpha value is -1.20. The van der Waals surface area contributed by atoms with Crippen LogP contribution in [0.5, 0.6) is 0 Å². The molecule has 2 rings (SSSR count). The molecule has 1 aromatic rings. The third kappa shape index (κ3) is 3.67. The van der Waals surface area contributed by atoms with E-state index < -0.39 is 0 Å². The molecule has 0 aromatic heterocycles. The maximum absolute atomic E-state index is 4.48. The van der Waals surface area contributed by atoms with E-state index in [1.807, 2.05) is 0 Å². The Kier molecular flexibility index (Phi) is 5.31. The largest absolute Gasteiger partial charge is 0.354 e. The second-order valence-corrected chi connectivity index (χ2v) is 6.14. The van der Waals surface area contributed by atoms with Crippen molar-refractivity contribution in [3.05, 3.63) is 29.8 Å². The molecule has 1 heterocycles. The number of hydrogen-bond donors (Lipinski definition) is 1. The maximum Gasteiger partial charge on any atom is 0.193 e. The normalized spacial score (nSPS) is 16.4. The molecule has 1 atom stereocenters. The number of hydrogen-bond acceptors (Lipinski definition) is 5. The van der Waals surface area contributed by atoms with Crippen molar-refractivity contribution in [3.8, 4) is 0 Å². The summed E-state index contributed by atoms with van der Waals surface area (Å²) in [6.45, 7) is 2.78. The van der Waals surface area contributed by atoms with E-state index in [-0.39, 0.29) is 0 Å². The second kappa shape index (κ2) is 6.99. The predicted octanol–water partition coefficient (Wildman–Crippen LogP) is 1.90. The van der Waals surface area contributed by atoms with Crippen LogP contribution in [0.3, 0.4) is 0 Å².